The van der Waals surface area contributed by atoms with Gasteiger partial charge in [0.1, 0.15) is 0 Å². The highest BCUT2D eigenvalue weighted by molar-refractivity contribution is 9.10. The summed E-state index contributed by atoms with van der Waals surface area (Å²) in [7, 11) is -4.52. The first kappa shape index (κ1) is 26.1. The molecule has 1 aliphatic heterocycles. The molecule has 0 bridgehead atoms. The number of carbonyl (C=O) groups excluding carboxylic acids is 1. The first-order valence-corrected chi connectivity index (χ1v) is 13.7. The van der Waals surface area contributed by atoms with E-state index < -0.39 is 13.8 Å². The summed E-state index contributed by atoms with van der Waals surface area (Å²) in [5.74, 6) is -0.220. The molecule has 1 aliphatic rings. The molecule has 0 unspecified atom stereocenters. The number of hydrogen-bond acceptors (Lipinski definition) is 4. The van der Waals surface area contributed by atoms with Crippen LogP contribution in [0.5, 0.6) is 11.5 Å². The van der Waals surface area contributed by atoms with Crippen LogP contribution >= 0.6 is 93.3 Å². The maximum Gasteiger partial charge on any atom is 0.545 e. The first-order valence-electron chi connectivity index (χ1n) is 9.14. The average Bonchev–Trinajstić information content (AvgIpc) is 2.75. The maximum absolute atomic E-state index is 13.8. The van der Waals surface area contributed by atoms with Gasteiger partial charge in [-0.15, -0.1) is 0 Å². The summed E-state index contributed by atoms with van der Waals surface area (Å²) < 4.78 is 25.9. The van der Waals surface area contributed by atoms with Crippen LogP contribution in [0.2, 0.25) is 30.1 Å². The van der Waals surface area contributed by atoms with Gasteiger partial charge < -0.3 is 14.4 Å². The Morgan fingerprint density at radius 3 is 1.76 bits per heavy atom. The van der Waals surface area contributed by atoms with Crippen molar-refractivity contribution >= 4 is 105 Å². The molecule has 6 nitrogen and oxygen atoms in total. The van der Waals surface area contributed by atoms with Crippen LogP contribution in [0.4, 0.5) is 10.5 Å². The van der Waals surface area contributed by atoms with Crippen LogP contribution in [0.3, 0.4) is 0 Å². The zero-order valence-electron chi connectivity index (χ0n) is 16.4. The Bertz CT molecular complexity index is 1300. The molecule has 0 saturated heterocycles. The molecule has 34 heavy (non-hydrogen) atoms. The van der Waals surface area contributed by atoms with Gasteiger partial charge in [0.25, 0.3) is 0 Å². The van der Waals surface area contributed by atoms with E-state index in [9.17, 15) is 9.36 Å². The second-order valence-corrected chi connectivity index (χ2v) is 11.7. The molecule has 0 aromatic heterocycles. The molecule has 0 aliphatic carbocycles. The van der Waals surface area contributed by atoms with Crippen LogP contribution in [0.25, 0.3) is 0 Å². The molecule has 3 aromatic rings. The largest absolute Gasteiger partial charge is 0.545 e. The predicted octanol–water partition coefficient (Wildman–Crippen LogP) is 9.66. The topological polar surface area (TPSA) is 76.7 Å². The normalized spacial score (nSPS) is 14.0. The third-order valence-electron chi connectivity index (χ3n) is 4.56. The van der Waals surface area contributed by atoms with Gasteiger partial charge in [-0.1, -0.05) is 85.5 Å². The smallest absolute Gasteiger partial charge is 0.398 e. The van der Waals surface area contributed by atoms with E-state index in [1.54, 1.807) is 24.3 Å². The summed E-state index contributed by atoms with van der Waals surface area (Å²) in [5.41, 5.74) is 0.916. The molecule has 3 aromatic carbocycles. The minimum absolute atomic E-state index is 0.0176. The maximum atomic E-state index is 13.8. The number of amides is 2. The Morgan fingerprint density at radius 2 is 1.29 bits per heavy atom. The van der Waals surface area contributed by atoms with Crippen molar-refractivity contribution in [1.29, 1.82) is 0 Å². The summed E-state index contributed by atoms with van der Waals surface area (Å²) in [5, 5.41) is 5.10. The fourth-order valence-electron chi connectivity index (χ4n) is 3.07. The molecule has 14 heteroatoms. The van der Waals surface area contributed by atoms with Crippen LogP contribution < -0.4 is 19.5 Å². The quantitative estimate of drug-likeness (QED) is 0.211. The minimum Gasteiger partial charge on any atom is -0.398 e. The number of hydrogen-bond donors (Lipinski definition) is 2. The highest BCUT2D eigenvalue weighted by Crippen LogP contribution is 2.56. The van der Waals surface area contributed by atoms with E-state index in [1.165, 1.54) is 12.1 Å². The summed E-state index contributed by atoms with van der Waals surface area (Å²) in [6, 6.07) is 8.41. The average molecular weight is 666 g/mol. The molecular formula is C20H10BrCl6N2O4P. The van der Waals surface area contributed by atoms with Gasteiger partial charge in [-0.05, 0) is 36.4 Å². The third kappa shape index (κ3) is 5.37. The van der Waals surface area contributed by atoms with E-state index in [0.29, 0.717) is 5.69 Å². The number of fused-ring (bicyclic) bond motifs is 2. The number of benzene rings is 3. The summed E-state index contributed by atoms with van der Waals surface area (Å²) in [4.78, 5) is 12.7. The molecule has 2 amide bonds. The van der Waals surface area contributed by atoms with Gasteiger partial charge in [-0.2, -0.15) is 0 Å². The van der Waals surface area contributed by atoms with Crippen molar-refractivity contribution in [1.82, 2.24) is 5.09 Å². The van der Waals surface area contributed by atoms with Crippen LogP contribution in [0.15, 0.2) is 40.9 Å². The Kier molecular flexibility index (Phi) is 7.78. The summed E-state index contributed by atoms with van der Waals surface area (Å²) >= 11 is 41.2. The van der Waals surface area contributed by atoms with Crippen LogP contribution in [-0.2, 0) is 11.0 Å². The summed E-state index contributed by atoms with van der Waals surface area (Å²) in [6.07, 6.45) is -0.0199. The van der Waals surface area contributed by atoms with Crippen molar-refractivity contribution in [2.24, 2.45) is 0 Å². The lowest BCUT2D eigenvalue weighted by molar-refractivity contribution is 0.253. The Labute approximate surface area is 232 Å². The van der Waals surface area contributed by atoms with E-state index in [2.05, 4.69) is 26.3 Å². The minimum atomic E-state index is -4.52. The molecule has 0 spiro atoms. The fraction of sp³-hybridized carbons (Fsp3) is 0.0500. The van der Waals surface area contributed by atoms with E-state index in [-0.39, 0.29) is 59.2 Å². The van der Waals surface area contributed by atoms with E-state index in [1.807, 2.05) is 0 Å². The van der Waals surface area contributed by atoms with Gasteiger partial charge in [-0.3, -0.25) is 0 Å². The molecule has 178 valence electrons. The van der Waals surface area contributed by atoms with Gasteiger partial charge in [0.15, 0.2) is 11.5 Å². The van der Waals surface area contributed by atoms with Gasteiger partial charge in [0.2, 0.25) is 0 Å². The molecule has 1 heterocycles. The molecule has 2 N–H and O–H groups in total. The fourth-order valence-corrected chi connectivity index (χ4v) is 6.27. The Morgan fingerprint density at radius 1 is 0.824 bits per heavy atom. The second kappa shape index (κ2) is 10.2. The molecule has 4 rings (SSSR count). The van der Waals surface area contributed by atoms with Crippen LogP contribution in [-0.4, -0.2) is 6.03 Å². The zero-order valence-corrected chi connectivity index (χ0v) is 23.4. The highest BCUT2D eigenvalue weighted by Gasteiger charge is 2.38. The van der Waals surface area contributed by atoms with Crippen molar-refractivity contribution < 1.29 is 18.4 Å². The Hall–Kier alpha value is -1.02. The number of nitrogens with one attached hydrogen (secondary N) is 2. The number of halogens is 7. The van der Waals surface area contributed by atoms with Gasteiger partial charge >= 0.3 is 13.8 Å². The van der Waals surface area contributed by atoms with Gasteiger partial charge in [0, 0.05) is 27.7 Å². The van der Waals surface area contributed by atoms with Crippen LogP contribution in [0.1, 0.15) is 11.1 Å². The van der Waals surface area contributed by atoms with Gasteiger partial charge in [-0.25, -0.2) is 14.4 Å². The van der Waals surface area contributed by atoms with E-state index in [4.69, 9.17) is 78.7 Å². The van der Waals surface area contributed by atoms with Crippen molar-refractivity contribution in [2.45, 2.75) is 6.42 Å². The molecule has 0 saturated carbocycles. The lowest BCUT2D eigenvalue weighted by Gasteiger charge is -2.27. The number of anilines is 1. The van der Waals surface area contributed by atoms with E-state index >= 15 is 0 Å². The monoisotopic (exact) mass is 662 g/mol. The Balaban J connectivity index is 1.81. The van der Waals surface area contributed by atoms with Crippen molar-refractivity contribution in [3.63, 3.8) is 0 Å². The van der Waals surface area contributed by atoms with E-state index in [0.717, 1.165) is 4.47 Å². The lowest BCUT2D eigenvalue weighted by atomic mass is 10.0. The molecular weight excluding hydrogens is 656 g/mol. The van der Waals surface area contributed by atoms with Crippen molar-refractivity contribution in [3.8, 4) is 11.5 Å². The zero-order chi connectivity index (χ0) is 24.8. The standard InChI is InChI=1S/C20H10BrCl6N2O4P/c21-8-1-3-9(4-2-8)28-20(30)29-34(31)32-18-10(16(26)12(22)6-14(18)24)5-11-17(27)13(23)7-15(25)19(11)33-34/h1-4,6-7H,5H2,(H2,28,29,30,31). The summed E-state index contributed by atoms with van der Waals surface area (Å²) in [6.45, 7) is 0. The van der Waals surface area contributed by atoms with Crippen molar-refractivity contribution in [3.05, 3.63) is 82.1 Å². The lowest BCUT2D eigenvalue weighted by Crippen LogP contribution is -2.30. The highest BCUT2D eigenvalue weighted by atomic mass is 79.9. The first-order chi connectivity index (χ1) is 16.0. The molecule has 0 atom stereocenters. The predicted molar refractivity (Wildman–Crippen MR) is 141 cm³/mol. The number of rotatable bonds is 2. The molecule has 0 fully saturated rings. The molecule has 0 radical (unpaired) electrons. The number of carbonyl (C=O) groups is 1. The number of urea groups is 1. The van der Waals surface area contributed by atoms with Crippen LogP contribution in [0, 0.1) is 0 Å². The SMILES string of the molecule is O=C(Nc1ccc(Br)cc1)NP1(=O)Oc2c(Cl)cc(Cl)c(Cl)c2Cc2c(Cl)c(Cl)cc(Cl)c2O1. The second-order valence-electron chi connectivity index (χ2n) is 6.85. The van der Waals surface area contributed by atoms with Crippen molar-refractivity contribution in [2.75, 3.05) is 5.32 Å². The van der Waals surface area contributed by atoms with Gasteiger partial charge in [0.05, 0.1) is 30.1 Å². The third-order valence-corrected chi connectivity index (χ3v) is 8.62.